The van der Waals surface area contributed by atoms with Crippen LogP contribution < -0.4 is 4.74 Å². The van der Waals surface area contributed by atoms with Gasteiger partial charge in [0.2, 0.25) is 0 Å². The molecule has 0 unspecified atom stereocenters. The predicted molar refractivity (Wildman–Crippen MR) is 119 cm³/mol. The summed E-state index contributed by atoms with van der Waals surface area (Å²) in [6.45, 7) is 0.649. The second-order valence-corrected chi connectivity index (χ2v) is 8.71. The van der Waals surface area contributed by atoms with Crippen molar-refractivity contribution in [2.75, 3.05) is 6.61 Å². The average molecular weight is 428 g/mol. The van der Waals surface area contributed by atoms with Crippen molar-refractivity contribution >= 4 is 10.9 Å². The van der Waals surface area contributed by atoms with Crippen LogP contribution >= 0.6 is 0 Å². The van der Waals surface area contributed by atoms with E-state index in [1.807, 2.05) is 42.5 Å². The molecule has 2 aliphatic rings. The van der Waals surface area contributed by atoms with Crippen LogP contribution in [0.25, 0.3) is 10.9 Å². The zero-order chi connectivity index (χ0) is 21.9. The van der Waals surface area contributed by atoms with Gasteiger partial charge in [0.1, 0.15) is 11.6 Å². The first-order valence-corrected chi connectivity index (χ1v) is 10.8. The largest absolute Gasteiger partial charge is 0.486 e. The van der Waals surface area contributed by atoms with Crippen molar-refractivity contribution in [1.82, 2.24) is 4.57 Å². The Morgan fingerprint density at radius 3 is 2.69 bits per heavy atom. The van der Waals surface area contributed by atoms with E-state index in [1.54, 1.807) is 6.07 Å². The molecule has 2 atom stereocenters. The highest BCUT2D eigenvalue weighted by molar-refractivity contribution is 5.88. The summed E-state index contributed by atoms with van der Waals surface area (Å²) < 4.78 is 22.5. The van der Waals surface area contributed by atoms with Crippen molar-refractivity contribution in [2.45, 2.75) is 30.8 Å². The highest BCUT2D eigenvalue weighted by atomic mass is 19.1. The molecule has 6 rings (SSSR count). The normalized spacial score (nSPS) is 21.3. The van der Waals surface area contributed by atoms with Crippen LogP contribution in [0.5, 0.6) is 5.75 Å². The topological polar surface area (TPSA) is 57.3 Å². The number of aromatic nitrogens is 1. The molecule has 0 saturated heterocycles. The van der Waals surface area contributed by atoms with Crippen LogP contribution in [0.4, 0.5) is 4.39 Å². The van der Waals surface area contributed by atoms with Crippen LogP contribution in [-0.2, 0) is 13.0 Å². The van der Waals surface area contributed by atoms with Gasteiger partial charge in [-0.05, 0) is 41.8 Å². The lowest BCUT2D eigenvalue weighted by Gasteiger charge is -2.41. The molecule has 3 aromatic carbocycles. The number of ether oxygens (including phenoxy) is 1. The third-order valence-corrected chi connectivity index (χ3v) is 7.05. The molecular formula is C26H21FN2O3. The van der Waals surface area contributed by atoms with Crippen molar-refractivity contribution < 1.29 is 14.1 Å². The minimum absolute atomic E-state index is 0.0157. The van der Waals surface area contributed by atoms with E-state index in [9.17, 15) is 14.5 Å². The van der Waals surface area contributed by atoms with Crippen LogP contribution in [0.1, 0.15) is 34.7 Å². The molecule has 0 fully saturated rings. The summed E-state index contributed by atoms with van der Waals surface area (Å²) in [4.78, 5) is 12.3. The summed E-state index contributed by atoms with van der Waals surface area (Å²) in [7, 11) is 0. The van der Waals surface area contributed by atoms with Gasteiger partial charge in [-0.2, -0.15) is 0 Å². The fourth-order valence-electron chi connectivity index (χ4n) is 5.59. The van der Waals surface area contributed by atoms with Crippen molar-refractivity contribution in [1.29, 1.82) is 0 Å². The number of hydrogen-bond acceptors (Lipinski definition) is 3. The molecule has 0 N–H and O–H groups in total. The van der Waals surface area contributed by atoms with E-state index >= 15 is 0 Å². The van der Waals surface area contributed by atoms with Gasteiger partial charge in [-0.1, -0.05) is 48.5 Å². The Labute approximate surface area is 184 Å². The molecule has 1 aliphatic heterocycles. The third-order valence-electron chi connectivity index (χ3n) is 7.05. The van der Waals surface area contributed by atoms with Crippen LogP contribution in [-0.4, -0.2) is 21.6 Å². The van der Waals surface area contributed by atoms with Gasteiger partial charge in [0.25, 0.3) is 5.54 Å². The lowest BCUT2D eigenvalue weighted by molar-refractivity contribution is -0.579. The molecule has 2 heterocycles. The van der Waals surface area contributed by atoms with E-state index in [0.717, 1.165) is 33.3 Å². The van der Waals surface area contributed by atoms with Crippen molar-refractivity contribution in [3.8, 4) is 5.75 Å². The van der Waals surface area contributed by atoms with Gasteiger partial charge < -0.3 is 9.30 Å². The Bertz CT molecular complexity index is 1360. The molecule has 0 bridgehead atoms. The zero-order valence-corrected chi connectivity index (χ0v) is 17.3. The number of halogens is 1. The van der Waals surface area contributed by atoms with Crippen LogP contribution in [0.2, 0.25) is 0 Å². The van der Waals surface area contributed by atoms with Gasteiger partial charge in [0, 0.05) is 40.0 Å². The molecule has 160 valence electrons. The molecule has 32 heavy (non-hydrogen) atoms. The van der Waals surface area contributed by atoms with Crippen LogP contribution in [0, 0.1) is 15.9 Å². The Morgan fingerprint density at radius 1 is 1.09 bits per heavy atom. The quantitative estimate of drug-likeness (QED) is 0.328. The molecule has 0 saturated carbocycles. The summed E-state index contributed by atoms with van der Waals surface area (Å²) in [5, 5.41) is 13.2. The minimum Gasteiger partial charge on any atom is -0.486 e. The molecule has 0 radical (unpaired) electrons. The number of nitro groups is 1. The molecule has 4 aromatic rings. The minimum atomic E-state index is -1.26. The van der Waals surface area contributed by atoms with E-state index in [2.05, 4.69) is 16.7 Å². The van der Waals surface area contributed by atoms with E-state index in [-0.39, 0.29) is 17.3 Å². The summed E-state index contributed by atoms with van der Waals surface area (Å²) in [5.41, 5.74) is 3.50. The first kappa shape index (κ1) is 19.0. The van der Waals surface area contributed by atoms with E-state index < -0.39 is 11.5 Å². The lowest BCUT2D eigenvalue weighted by atomic mass is 9.67. The maximum absolute atomic E-state index is 14.4. The standard InChI is InChI=1S/C26H21FN2O3/c27-18-10-11-21-20(14-18)24-22(28(21)15-17-6-2-1-3-7-17)12-13-26(29(30)31)16-32-23-9-5-4-8-19(23)25(24)26/h1-11,14,25H,12-13,15-16H2/t25-,26+/m0/s1. The zero-order valence-electron chi connectivity index (χ0n) is 17.3. The Morgan fingerprint density at radius 2 is 1.88 bits per heavy atom. The van der Waals surface area contributed by atoms with Gasteiger partial charge in [-0.3, -0.25) is 10.1 Å². The Hall–Kier alpha value is -3.67. The van der Waals surface area contributed by atoms with Gasteiger partial charge in [-0.15, -0.1) is 0 Å². The first-order chi connectivity index (χ1) is 15.6. The second kappa shape index (κ2) is 6.92. The monoisotopic (exact) mass is 428 g/mol. The Kier molecular flexibility index (Phi) is 4.12. The van der Waals surface area contributed by atoms with E-state index in [1.165, 1.54) is 12.1 Å². The maximum atomic E-state index is 14.4. The Balaban J connectivity index is 1.66. The van der Waals surface area contributed by atoms with Crippen molar-refractivity contribution in [3.05, 3.63) is 111 Å². The van der Waals surface area contributed by atoms with Crippen molar-refractivity contribution in [2.24, 2.45) is 0 Å². The molecule has 5 nitrogen and oxygen atoms in total. The van der Waals surface area contributed by atoms with Gasteiger partial charge in [0.15, 0.2) is 6.61 Å². The summed E-state index contributed by atoms with van der Waals surface area (Å²) in [6, 6.07) is 22.4. The fraction of sp³-hybridized carbons (Fsp3) is 0.231. The SMILES string of the molecule is O=[N+]([O-])[C@@]12CCc3c(c4cc(F)ccc4n3Cc3ccccc3)[C@@H]1c1ccccc1OC2. The second-order valence-electron chi connectivity index (χ2n) is 8.71. The molecule has 1 aromatic heterocycles. The van der Waals surface area contributed by atoms with E-state index in [4.69, 9.17) is 4.74 Å². The predicted octanol–water partition coefficient (Wildman–Crippen LogP) is 5.31. The number of nitrogens with zero attached hydrogens (tertiary/aromatic N) is 2. The fourth-order valence-corrected chi connectivity index (χ4v) is 5.59. The summed E-state index contributed by atoms with van der Waals surface area (Å²) >= 11 is 0. The third kappa shape index (κ3) is 2.62. The number of para-hydroxylation sites is 1. The highest BCUT2D eigenvalue weighted by Crippen LogP contribution is 2.53. The first-order valence-electron chi connectivity index (χ1n) is 10.8. The number of rotatable bonds is 3. The smallest absolute Gasteiger partial charge is 0.266 e. The van der Waals surface area contributed by atoms with Crippen LogP contribution in [0.15, 0.2) is 72.8 Å². The van der Waals surface area contributed by atoms with Gasteiger partial charge >= 0.3 is 0 Å². The molecule has 6 heteroatoms. The number of benzene rings is 3. The molecule has 1 aliphatic carbocycles. The lowest BCUT2D eigenvalue weighted by Crippen LogP contribution is -2.54. The summed E-state index contributed by atoms with van der Waals surface area (Å²) in [6.07, 6.45) is 0.918. The highest BCUT2D eigenvalue weighted by Gasteiger charge is 2.59. The van der Waals surface area contributed by atoms with Gasteiger partial charge in [-0.25, -0.2) is 4.39 Å². The van der Waals surface area contributed by atoms with Crippen LogP contribution in [0.3, 0.4) is 0 Å². The summed E-state index contributed by atoms with van der Waals surface area (Å²) in [5.74, 6) is -0.162. The molecule has 0 spiro atoms. The van der Waals surface area contributed by atoms with E-state index in [0.29, 0.717) is 25.1 Å². The molecule has 0 amide bonds. The van der Waals surface area contributed by atoms with Gasteiger partial charge in [0.05, 0.1) is 5.92 Å². The number of hydrogen-bond donors (Lipinski definition) is 0. The number of fused-ring (bicyclic) bond motifs is 7. The maximum Gasteiger partial charge on any atom is 0.266 e. The van der Waals surface area contributed by atoms with Crippen molar-refractivity contribution in [3.63, 3.8) is 0 Å². The molecular weight excluding hydrogens is 407 g/mol. The average Bonchev–Trinajstić information content (AvgIpc) is 3.11.